The molecule has 0 spiro atoms. The Morgan fingerprint density at radius 2 is 2.54 bits per heavy atom. The zero-order valence-corrected chi connectivity index (χ0v) is 9.33. The van der Waals surface area contributed by atoms with Gasteiger partial charge in [-0.2, -0.15) is 16.1 Å². The highest BCUT2D eigenvalue weighted by Crippen LogP contribution is 2.35. The van der Waals surface area contributed by atoms with Crippen molar-refractivity contribution in [3.8, 4) is 0 Å². The number of nitrogens with two attached hydrogens (primary N) is 1. The van der Waals surface area contributed by atoms with Gasteiger partial charge in [0.05, 0.1) is 11.7 Å². The van der Waals surface area contributed by atoms with Gasteiger partial charge in [-0.1, -0.05) is 0 Å². The van der Waals surface area contributed by atoms with E-state index in [4.69, 9.17) is 5.73 Å². The SMILES string of the molecule is Cc1cc(C(N)C2CCCS2)sn1. The molecule has 0 amide bonds. The Morgan fingerprint density at radius 3 is 3.08 bits per heavy atom. The van der Waals surface area contributed by atoms with Gasteiger partial charge < -0.3 is 5.73 Å². The van der Waals surface area contributed by atoms with Crippen LogP contribution in [0.25, 0.3) is 0 Å². The van der Waals surface area contributed by atoms with Crippen molar-refractivity contribution < 1.29 is 0 Å². The third-order valence-corrected chi connectivity index (χ3v) is 4.80. The summed E-state index contributed by atoms with van der Waals surface area (Å²) in [5, 5.41) is 0.625. The maximum absolute atomic E-state index is 6.16. The van der Waals surface area contributed by atoms with Gasteiger partial charge >= 0.3 is 0 Å². The fraction of sp³-hybridized carbons (Fsp3) is 0.667. The summed E-state index contributed by atoms with van der Waals surface area (Å²) >= 11 is 3.56. The van der Waals surface area contributed by atoms with Crippen LogP contribution >= 0.6 is 23.3 Å². The molecule has 0 bridgehead atoms. The van der Waals surface area contributed by atoms with Crippen molar-refractivity contribution >= 4 is 23.3 Å². The first kappa shape index (κ1) is 9.49. The minimum absolute atomic E-state index is 0.207. The summed E-state index contributed by atoms with van der Waals surface area (Å²) in [7, 11) is 0. The van der Waals surface area contributed by atoms with Crippen LogP contribution in [0.5, 0.6) is 0 Å². The van der Waals surface area contributed by atoms with Crippen LogP contribution < -0.4 is 5.73 Å². The van der Waals surface area contributed by atoms with Crippen LogP contribution in [0.4, 0.5) is 0 Å². The monoisotopic (exact) mass is 214 g/mol. The average Bonchev–Trinajstić information content (AvgIpc) is 2.72. The second-order valence-corrected chi connectivity index (χ2v) is 5.63. The molecule has 0 radical (unpaired) electrons. The standard InChI is InChI=1S/C9H14N2S2/c1-6-5-8(13-11-6)9(10)7-3-2-4-12-7/h5,7,9H,2-4,10H2,1H3. The summed E-state index contributed by atoms with van der Waals surface area (Å²) in [5.41, 5.74) is 7.26. The van der Waals surface area contributed by atoms with E-state index >= 15 is 0 Å². The van der Waals surface area contributed by atoms with Crippen LogP contribution in [-0.4, -0.2) is 15.4 Å². The number of rotatable bonds is 2. The van der Waals surface area contributed by atoms with Crippen LogP contribution in [0, 0.1) is 6.92 Å². The molecule has 2 unspecified atom stereocenters. The summed E-state index contributed by atoms with van der Waals surface area (Å²) in [6, 6.07) is 2.33. The van der Waals surface area contributed by atoms with Crippen molar-refractivity contribution in [1.29, 1.82) is 0 Å². The van der Waals surface area contributed by atoms with Crippen molar-refractivity contribution in [2.24, 2.45) is 5.73 Å². The molecule has 2 rings (SSSR count). The Labute approximate surface area is 87.1 Å². The molecule has 0 aliphatic carbocycles. The van der Waals surface area contributed by atoms with Gasteiger partial charge in [-0.05, 0) is 43.1 Å². The minimum atomic E-state index is 0.207. The van der Waals surface area contributed by atoms with E-state index in [1.165, 1.54) is 23.5 Å². The quantitative estimate of drug-likeness (QED) is 0.821. The number of hydrogen-bond acceptors (Lipinski definition) is 4. The number of nitrogens with zero attached hydrogens (tertiary/aromatic N) is 1. The van der Waals surface area contributed by atoms with Crippen molar-refractivity contribution in [2.75, 3.05) is 5.75 Å². The molecule has 1 aliphatic rings. The average molecular weight is 214 g/mol. The molecule has 2 atom stereocenters. The van der Waals surface area contributed by atoms with Gasteiger partial charge in [-0.25, -0.2) is 0 Å². The molecule has 4 heteroatoms. The fourth-order valence-corrected chi connectivity index (χ4v) is 3.83. The number of aromatic nitrogens is 1. The van der Waals surface area contributed by atoms with Gasteiger partial charge in [0, 0.05) is 10.1 Å². The molecule has 1 aromatic heterocycles. The van der Waals surface area contributed by atoms with Crippen molar-refractivity contribution in [2.45, 2.75) is 31.1 Å². The van der Waals surface area contributed by atoms with Gasteiger partial charge in [-0.15, -0.1) is 0 Å². The van der Waals surface area contributed by atoms with Crippen molar-refractivity contribution in [1.82, 2.24) is 4.37 Å². The molecule has 2 nitrogen and oxygen atoms in total. The molecule has 2 N–H and O–H groups in total. The molecule has 1 saturated heterocycles. The van der Waals surface area contributed by atoms with E-state index in [0.29, 0.717) is 5.25 Å². The molecule has 1 aromatic rings. The maximum atomic E-state index is 6.16. The second kappa shape index (κ2) is 3.98. The van der Waals surface area contributed by atoms with E-state index in [1.54, 1.807) is 11.5 Å². The van der Waals surface area contributed by atoms with Crippen LogP contribution in [0.2, 0.25) is 0 Å². The Bertz CT molecular complexity index is 279. The summed E-state index contributed by atoms with van der Waals surface area (Å²) in [5.74, 6) is 1.27. The number of hydrogen-bond donors (Lipinski definition) is 1. The van der Waals surface area contributed by atoms with Crippen LogP contribution in [0.1, 0.15) is 29.5 Å². The van der Waals surface area contributed by atoms with Crippen LogP contribution in [0.15, 0.2) is 6.07 Å². The highest BCUT2D eigenvalue weighted by atomic mass is 32.2. The molecular weight excluding hydrogens is 200 g/mol. The molecule has 13 heavy (non-hydrogen) atoms. The highest BCUT2D eigenvalue weighted by Gasteiger charge is 2.24. The zero-order valence-electron chi connectivity index (χ0n) is 7.69. The molecule has 0 saturated carbocycles. The van der Waals surface area contributed by atoms with E-state index in [9.17, 15) is 0 Å². The number of thioether (sulfide) groups is 1. The van der Waals surface area contributed by atoms with Gasteiger partial charge in [0.25, 0.3) is 0 Å². The lowest BCUT2D eigenvalue weighted by molar-refractivity contribution is 0.654. The molecule has 0 aromatic carbocycles. The van der Waals surface area contributed by atoms with E-state index in [2.05, 4.69) is 10.4 Å². The lowest BCUT2D eigenvalue weighted by atomic mass is 10.1. The predicted octanol–water partition coefficient (Wildman–Crippen LogP) is 2.35. The third kappa shape index (κ3) is 2.06. The van der Waals surface area contributed by atoms with E-state index in [-0.39, 0.29) is 6.04 Å². The molecule has 1 fully saturated rings. The Kier molecular flexibility index (Phi) is 2.91. The highest BCUT2D eigenvalue weighted by molar-refractivity contribution is 8.00. The maximum Gasteiger partial charge on any atom is 0.0526 e. The largest absolute Gasteiger partial charge is 0.322 e. The van der Waals surface area contributed by atoms with Crippen LogP contribution in [-0.2, 0) is 0 Å². The third-order valence-electron chi connectivity index (χ3n) is 2.34. The molecule has 72 valence electrons. The summed E-state index contributed by atoms with van der Waals surface area (Å²) < 4.78 is 4.26. The Balaban J connectivity index is 2.07. The van der Waals surface area contributed by atoms with Gasteiger partial charge in [-0.3, -0.25) is 0 Å². The molecule has 1 aliphatic heterocycles. The van der Waals surface area contributed by atoms with Crippen molar-refractivity contribution in [3.05, 3.63) is 16.6 Å². The topological polar surface area (TPSA) is 38.9 Å². The predicted molar refractivity (Wildman–Crippen MR) is 59.3 cm³/mol. The van der Waals surface area contributed by atoms with Gasteiger partial charge in [0.1, 0.15) is 0 Å². The second-order valence-electron chi connectivity index (χ2n) is 3.45. The smallest absolute Gasteiger partial charge is 0.0526 e. The van der Waals surface area contributed by atoms with Crippen molar-refractivity contribution in [3.63, 3.8) is 0 Å². The zero-order chi connectivity index (χ0) is 9.26. The first-order valence-electron chi connectivity index (χ1n) is 4.58. The van der Waals surface area contributed by atoms with Gasteiger partial charge in [0.15, 0.2) is 0 Å². The van der Waals surface area contributed by atoms with E-state index < -0.39 is 0 Å². The minimum Gasteiger partial charge on any atom is -0.322 e. The van der Waals surface area contributed by atoms with E-state index in [1.807, 2.05) is 18.7 Å². The first-order chi connectivity index (χ1) is 6.27. The molecule has 2 heterocycles. The first-order valence-corrected chi connectivity index (χ1v) is 6.40. The number of aryl methyl sites for hydroxylation is 1. The van der Waals surface area contributed by atoms with E-state index in [0.717, 1.165) is 5.69 Å². The summed E-state index contributed by atoms with van der Waals surface area (Å²) in [6.45, 7) is 2.02. The Hall–Kier alpha value is -0.0600. The van der Waals surface area contributed by atoms with Gasteiger partial charge in [0.2, 0.25) is 0 Å². The summed E-state index contributed by atoms with van der Waals surface area (Å²) in [4.78, 5) is 1.25. The normalized spacial score (nSPS) is 24.9. The molecular formula is C9H14N2S2. The Morgan fingerprint density at radius 1 is 1.69 bits per heavy atom. The lowest BCUT2D eigenvalue weighted by Crippen LogP contribution is -2.20. The lowest BCUT2D eigenvalue weighted by Gasteiger charge is -2.15. The summed E-state index contributed by atoms with van der Waals surface area (Å²) in [6.07, 6.45) is 2.59. The van der Waals surface area contributed by atoms with Crippen LogP contribution in [0.3, 0.4) is 0 Å². The fourth-order valence-electron chi connectivity index (χ4n) is 1.61.